The molecule has 10 atom stereocenters. The van der Waals surface area contributed by atoms with Crippen LogP contribution in [0, 0.1) is 0 Å². The molecule has 13 heteroatoms. The van der Waals surface area contributed by atoms with E-state index in [4.69, 9.17) is 33.5 Å². The van der Waals surface area contributed by atoms with Gasteiger partial charge in [0.1, 0.15) is 42.7 Å². The minimum absolute atomic E-state index is 0.193. The summed E-state index contributed by atoms with van der Waals surface area (Å²) >= 11 is 0. The number of aliphatic hydroxyl groups is 4. The van der Waals surface area contributed by atoms with Gasteiger partial charge in [-0.25, -0.2) is 4.79 Å². The van der Waals surface area contributed by atoms with Gasteiger partial charge in [0.25, 0.3) is 0 Å². The number of ketones is 1. The van der Waals surface area contributed by atoms with Crippen molar-refractivity contribution in [1.29, 1.82) is 0 Å². The molecular weight excluding hydrogens is 508 g/mol. The highest BCUT2D eigenvalue weighted by Gasteiger charge is 2.50. The van der Waals surface area contributed by atoms with Crippen LogP contribution in [0.1, 0.15) is 62.3 Å². The van der Waals surface area contributed by atoms with Gasteiger partial charge in [0.2, 0.25) is 0 Å². The Balaban J connectivity index is 0.000000380. The number of carbonyl (C=O) groups excluding carboxylic acids is 1. The van der Waals surface area contributed by atoms with E-state index in [9.17, 15) is 30.0 Å². The third kappa shape index (κ3) is 10.0. The molecule has 0 saturated carbocycles. The third-order valence-corrected chi connectivity index (χ3v) is 5.40. The van der Waals surface area contributed by atoms with Gasteiger partial charge in [0, 0.05) is 0 Å². The molecule has 2 heterocycles. The normalized spacial score (nSPS) is 35.9. The van der Waals surface area contributed by atoms with Gasteiger partial charge >= 0.3 is 5.97 Å². The van der Waals surface area contributed by atoms with Gasteiger partial charge in [-0.05, 0) is 62.3 Å². The number of rotatable bonds is 10. The van der Waals surface area contributed by atoms with Crippen LogP contribution in [0.3, 0.4) is 0 Å². The monoisotopic (exact) mass is 554 g/mol. The summed E-state index contributed by atoms with van der Waals surface area (Å²) in [5, 5.41) is 49.1. The lowest BCUT2D eigenvalue weighted by molar-refractivity contribution is -0.310. The highest BCUT2D eigenvalue weighted by molar-refractivity contribution is 5.81. The van der Waals surface area contributed by atoms with Crippen LogP contribution in [0.15, 0.2) is 0 Å². The van der Waals surface area contributed by atoms with Crippen molar-refractivity contribution in [3.63, 3.8) is 0 Å². The highest BCUT2D eigenvalue weighted by Crippen LogP contribution is 2.27. The molecule has 0 aromatic rings. The van der Waals surface area contributed by atoms with E-state index in [1.807, 2.05) is 0 Å². The van der Waals surface area contributed by atoms with E-state index >= 15 is 0 Å². The van der Waals surface area contributed by atoms with Crippen LogP contribution in [0.2, 0.25) is 0 Å². The van der Waals surface area contributed by atoms with Crippen molar-refractivity contribution in [2.45, 2.75) is 148 Å². The minimum Gasteiger partial charge on any atom is -0.479 e. The molecule has 0 aromatic heterocycles. The third-order valence-electron chi connectivity index (χ3n) is 5.40. The molecule has 0 bridgehead atoms. The van der Waals surface area contributed by atoms with Crippen LogP contribution < -0.4 is 0 Å². The van der Waals surface area contributed by atoms with Gasteiger partial charge < -0.3 is 54.0 Å². The lowest BCUT2D eigenvalue weighted by Crippen LogP contribution is -2.61. The fourth-order valence-electron chi connectivity index (χ4n) is 3.89. The van der Waals surface area contributed by atoms with E-state index < -0.39 is 67.4 Å². The Bertz CT molecular complexity index is 668. The summed E-state index contributed by atoms with van der Waals surface area (Å²) in [7, 11) is 0. The maximum absolute atomic E-state index is 11.6. The molecule has 0 spiro atoms. The lowest BCUT2D eigenvalue weighted by Gasteiger charge is -2.42. The molecule has 2 aliphatic heterocycles. The molecule has 38 heavy (non-hydrogen) atoms. The van der Waals surface area contributed by atoms with Crippen molar-refractivity contribution in [1.82, 2.24) is 0 Å². The Morgan fingerprint density at radius 2 is 0.895 bits per heavy atom. The Morgan fingerprint density at radius 1 is 0.579 bits per heavy atom. The molecule has 0 amide bonds. The first kappa shape index (κ1) is 34.8. The van der Waals surface area contributed by atoms with Crippen molar-refractivity contribution in [3.05, 3.63) is 0 Å². The smallest absolute Gasteiger partial charge is 0.335 e. The van der Waals surface area contributed by atoms with Gasteiger partial charge in [0.15, 0.2) is 24.5 Å². The van der Waals surface area contributed by atoms with E-state index in [-0.39, 0.29) is 30.2 Å². The van der Waals surface area contributed by atoms with Crippen LogP contribution in [0.4, 0.5) is 0 Å². The Hall–Kier alpha value is -1.26. The molecule has 224 valence electrons. The van der Waals surface area contributed by atoms with Crippen molar-refractivity contribution < 1.29 is 63.5 Å². The first-order chi connectivity index (χ1) is 17.5. The lowest BCUT2D eigenvalue weighted by atomic mass is 9.96. The minimum atomic E-state index is -1.39. The standard InChI is InChI=1S/C13H24O6.C12H22O7/c1-6(2)17-12-9(15)10(16)13(18-7(3)4)19-11(12)8(5)14;1-5(2)17-9-7(13)8(14)12(18-6(3)4)19-10(9)11(15)16/h6-7,9-13,15-16H,1-5H3;5-10,12-14H,1-4H3,(H,15,16)/t9?,10-,11?,12+,13-;7?,8-,9+,10?,12-/m00/s1. The van der Waals surface area contributed by atoms with Crippen molar-refractivity contribution in [2.75, 3.05) is 0 Å². The van der Waals surface area contributed by atoms with Gasteiger partial charge in [-0.3, -0.25) is 4.79 Å². The van der Waals surface area contributed by atoms with Gasteiger partial charge in [-0.15, -0.1) is 0 Å². The van der Waals surface area contributed by atoms with Crippen molar-refractivity contribution in [2.24, 2.45) is 0 Å². The number of carbonyl (C=O) groups is 2. The first-order valence-electron chi connectivity index (χ1n) is 12.9. The summed E-state index contributed by atoms with van der Waals surface area (Å²) in [6, 6.07) is 0. The molecule has 5 N–H and O–H groups in total. The van der Waals surface area contributed by atoms with Gasteiger partial charge in [-0.2, -0.15) is 0 Å². The summed E-state index contributed by atoms with van der Waals surface area (Å²) in [6.07, 6.45) is -12.8. The second-order valence-corrected chi connectivity index (χ2v) is 10.4. The Kier molecular flexibility index (Phi) is 14.2. The predicted molar refractivity (Wildman–Crippen MR) is 132 cm³/mol. The predicted octanol–water partition coefficient (Wildman–Crippen LogP) is -0.0230. The quantitative estimate of drug-likeness (QED) is 0.242. The average Bonchev–Trinajstić information content (AvgIpc) is 2.77. The molecule has 2 saturated heterocycles. The number of Topliss-reactive ketones (excluding diaryl/α,β-unsaturated/α-hetero) is 1. The Labute approximate surface area is 223 Å². The number of carboxylic acid groups (broad SMARTS) is 1. The number of aliphatic hydroxyl groups excluding tert-OH is 4. The molecule has 2 aliphatic rings. The second kappa shape index (κ2) is 15.5. The van der Waals surface area contributed by atoms with Crippen LogP contribution in [0.25, 0.3) is 0 Å². The van der Waals surface area contributed by atoms with Crippen molar-refractivity contribution in [3.8, 4) is 0 Å². The van der Waals surface area contributed by atoms with E-state index in [2.05, 4.69) is 0 Å². The van der Waals surface area contributed by atoms with Gasteiger partial charge in [-0.1, -0.05) is 0 Å². The topological polar surface area (TPSA) is 191 Å². The summed E-state index contributed by atoms with van der Waals surface area (Å²) in [5.74, 6) is -1.54. The first-order valence-corrected chi connectivity index (χ1v) is 12.9. The number of carboxylic acids is 1. The van der Waals surface area contributed by atoms with Crippen LogP contribution >= 0.6 is 0 Å². The second-order valence-electron chi connectivity index (χ2n) is 10.4. The number of hydrogen-bond acceptors (Lipinski definition) is 12. The maximum Gasteiger partial charge on any atom is 0.335 e. The molecule has 13 nitrogen and oxygen atoms in total. The summed E-state index contributed by atoms with van der Waals surface area (Å²) in [5.41, 5.74) is 0. The molecule has 2 fully saturated rings. The summed E-state index contributed by atoms with van der Waals surface area (Å²) in [4.78, 5) is 22.8. The molecule has 0 aromatic carbocycles. The van der Waals surface area contributed by atoms with Crippen LogP contribution in [0.5, 0.6) is 0 Å². The van der Waals surface area contributed by atoms with Gasteiger partial charge in [0.05, 0.1) is 24.4 Å². The van der Waals surface area contributed by atoms with Crippen LogP contribution in [-0.4, -0.2) is 123 Å². The number of aliphatic carboxylic acids is 1. The highest BCUT2D eigenvalue weighted by atomic mass is 16.7. The largest absolute Gasteiger partial charge is 0.479 e. The molecule has 0 aliphatic carbocycles. The van der Waals surface area contributed by atoms with Crippen molar-refractivity contribution >= 4 is 11.8 Å². The van der Waals surface area contributed by atoms with E-state index in [0.29, 0.717) is 0 Å². The van der Waals surface area contributed by atoms with E-state index in [0.717, 1.165) is 0 Å². The zero-order valence-electron chi connectivity index (χ0n) is 23.6. The molecule has 0 radical (unpaired) electrons. The zero-order valence-corrected chi connectivity index (χ0v) is 23.6. The molecule has 4 unspecified atom stereocenters. The molecule has 2 rings (SSSR count). The number of ether oxygens (including phenoxy) is 6. The SMILES string of the molecule is CC(=O)C1O[C@H](OC(C)C)[C@@H](O)C(O)[C@H]1OC(C)C.CC(C)O[C@H]1C(C(=O)O)O[C@H](OC(C)C)[C@@H](O)C1O. The zero-order chi connectivity index (χ0) is 29.5. The maximum atomic E-state index is 11.6. The molecular formula is C25H46O13. The Morgan fingerprint density at radius 3 is 1.18 bits per heavy atom. The fourth-order valence-corrected chi connectivity index (χ4v) is 3.89. The van der Waals surface area contributed by atoms with E-state index in [1.165, 1.54) is 6.92 Å². The van der Waals surface area contributed by atoms with Crippen LogP contribution in [-0.2, 0) is 38.0 Å². The summed E-state index contributed by atoms with van der Waals surface area (Å²) < 4.78 is 32.1. The summed E-state index contributed by atoms with van der Waals surface area (Å²) in [6.45, 7) is 15.3. The van der Waals surface area contributed by atoms with E-state index in [1.54, 1.807) is 55.4 Å². The number of hydrogen-bond donors (Lipinski definition) is 5. The average molecular weight is 555 g/mol. The fraction of sp³-hybridized carbons (Fsp3) is 0.920.